The highest BCUT2D eigenvalue weighted by atomic mass is 79.9. The van der Waals surface area contributed by atoms with Crippen LogP contribution in [0.2, 0.25) is 0 Å². The summed E-state index contributed by atoms with van der Waals surface area (Å²) in [6, 6.07) is 12.3. The average molecular weight is 577 g/mol. The lowest BCUT2D eigenvalue weighted by Crippen LogP contribution is -2.06. The molecular formula is C14H9Br5. The van der Waals surface area contributed by atoms with Crippen LogP contribution >= 0.6 is 79.6 Å². The van der Waals surface area contributed by atoms with Crippen molar-refractivity contribution in [3.63, 3.8) is 0 Å². The van der Waals surface area contributed by atoms with Gasteiger partial charge in [-0.05, 0) is 35.4 Å². The van der Waals surface area contributed by atoms with Gasteiger partial charge in [-0.25, -0.2) is 0 Å². The fourth-order valence-electron chi connectivity index (χ4n) is 1.99. The Balaban J connectivity index is 2.64. The molecule has 0 aliphatic rings. The van der Waals surface area contributed by atoms with E-state index in [1.165, 1.54) is 11.1 Å². The number of alkyl halides is 1. The van der Waals surface area contributed by atoms with Crippen LogP contribution in [-0.2, 0) is 0 Å². The highest BCUT2D eigenvalue weighted by Gasteiger charge is 2.22. The number of hydrogen-bond acceptors (Lipinski definition) is 0. The first kappa shape index (κ1) is 16.2. The van der Waals surface area contributed by atoms with E-state index in [1.54, 1.807) is 0 Å². The van der Waals surface area contributed by atoms with Gasteiger partial charge in [-0.3, -0.25) is 0 Å². The minimum Gasteiger partial charge on any atom is -0.0918 e. The van der Waals surface area contributed by atoms with E-state index in [-0.39, 0.29) is 5.92 Å². The van der Waals surface area contributed by atoms with Crippen molar-refractivity contribution < 1.29 is 0 Å². The van der Waals surface area contributed by atoms with Gasteiger partial charge < -0.3 is 0 Å². The van der Waals surface area contributed by atoms with E-state index in [0.29, 0.717) is 0 Å². The summed E-state index contributed by atoms with van der Waals surface area (Å²) in [5, 5.41) is 0.843. The largest absolute Gasteiger partial charge is 0.0918 e. The van der Waals surface area contributed by atoms with E-state index >= 15 is 0 Å². The quantitative estimate of drug-likeness (QED) is 0.338. The molecule has 2 aromatic rings. The Labute approximate surface area is 155 Å². The van der Waals surface area contributed by atoms with E-state index < -0.39 is 0 Å². The molecule has 2 aromatic carbocycles. The Kier molecular flexibility index (Phi) is 6.15. The van der Waals surface area contributed by atoms with Crippen LogP contribution in [-0.4, -0.2) is 5.33 Å². The summed E-state index contributed by atoms with van der Waals surface area (Å²) in [4.78, 5) is 0. The lowest BCUT2D eigenvalue weighted by Gasteiger charge is -2.21. The maximum atomic E-state index is 3.65. The van der Waals surface area contributed by atoms with Crippen LogP contribution in [0.4, 0.5) is 0 Å². The van der Waals surface area contributed by atoms with Crippen molar-refractivity contribution in [2.75, 3.05) is 5.33 Å². The van der Waals surface area contributed by atoms with Gasteiger partial charge in [0, 0.05) is 29.1 Å². The van der Waals surface area contributed by atoms with Gasteiger partial charge in [-0.2, -0.15) is 0 Å². The molecule has 100 valence electrons. The molecule has 0 heterocycles. The first-order valence-electron chi connectivity index (χ1n) is 5.50. The standard InChI is InChI=1S/C14H9Br5/c15-7-8(13-9(16)3-1-4-10(13)17)14-11(18)5-2-6-12(14)19/h1-6,8H,7H2. The van der Waals surface area contributed by atoms with E-state index in [0.717, 1.165) is 23.2 Å². The number of hydrogen-bond donors (Lipinski definition) is 0. The predicted octanol–water partition coefficient (Wildman–Crippen LogP) is 7.26. The second-order valence-corrected chi connectivity index (χ2v) is 8.04. The maximum Gasteiger partial charge on any atom is 0.0231 e. The predicted molar refractivity (Wildman–Crippen MR) is 99.3 cm³/mol. The monoisotopic (exact) mass is 572 g/mol. The molecule has 0 radical (unpaired) electrons. The summed E-state index contributed by atoms with van der Waals surface area (Å²) in [6.45, 7) is 0. The number of halogens is 5. The second-order valence-electron chi connectivity index (χ2n) is 3.98. The molecular weight excluding hydrogens is 568 g/mol. The van der Waals surface area contributed by atoms with Crippen LogP contribution in [0.5, 0.6) is 0 Å². The molecule has 5 heteroatoms. The third-order valence-corrected chi connectivity index (χ3v) is 6.26. The van der Waals surface area contributed by atoms with Crippen molar-refractivity contribution >= 4 is 79.6 Å². The third kappa shape index (κ3) is 3.54. The van der Waals surface area contributed by atoms with Gasteiger partial charge in [0.15, 0.2) is 0 Å². The molecule has 0 aromatic heterocycles. The first-order valence-corrected chi connectivity index (χ1v) is 9.79. The van der Waals surface area contributed by atoms with Gasteiger partial charge in [0.1, 0.15) is 0 Å². The summed E-state index contributed by atoms with van der Waals surface area (Å²) < 4.78 is 4.42. The SMILES string of the molecule is BrCC(c1c(Br)cccc1Br)c1c(Br)cccc1Br. The van der Waals surface area contributed by atoms with Crippen LogP contribution < -0.4 is 0 Å². The van der Waals surface area contributed by atoms with Gasteiger partial charge in [0.05, 0.1) is 0 Å². The zero-order valence-electron chi connectivity index (χ0n) is 9.64. The molecule has 0 saturated heterocycles. The van der Waals surface area contributed by atoms with E-state index in [9.17, 15) is 0 Å². The zero-order valence-corrected chi connectivity index (χ0v) is 17.6. The molecule has 0 N–H and O–H groups in total. The Morgan fingerprint density at radius 3 is 1.26 bits per heavy atom. The summed E-state index contributed by atoms with van der Waals surface area (Å²) in [5.41, 5.74) is 2.49. The van der Waals surface area contributed by atoms with Gasteiger partial charge in [0.25, 0.3) is 0 Å². The molecule has 0 nitrogen and oxygen atoms in total. The normalized spacial score (nSPS) is 11.1. The number of benzene rings is 2. The van der Waals surface area contributed by atoms with Crippen molar-refractivity contribution in [1.82, 2.24) is 0 Å². The highest BCUT2D eigenvalue weighted by Crippen LogP contribution is 2.42. The zero-order chi connectivity index (χ0) is 14.0. The molecule has 0 aliphatic carbocycles. The molecule has 0 unspecified atom stereocenters. The van der Waals surface area contributed by atoms with Crippen molar-refractivity contribution in [1.29, 1.82) is 0 Å². The Hall–Kier alpha value is 0.840. The molecule has 0 atom stereocenters. The third-order valence-electron chi connectivity index (χ3n) is 2.85. The molecule has 0 saturated carbocycles. The molecule has 2 rings (SSSR count). The van der Waals surface area contributed by atoms with Crippen LogP contribution in [0.1, 0.15) is 17.0 Å². The molecule has 19 heavy (non-hydrogen) atoms. The van der Waals surface area contributed by atoms with E-state index in [2.05, 4.69) is 104 Å². The summed E-state index contributed by atoms with van der Waals surface area (Å²) in [6.07, 6.45) is 0. The maximum absolute atomic E-state index is 3.65. The first-order chi connectivity index (χ1) is 9.06. The van der Waals surface area contributed by atoms with Gasteiger partial charge >= 0.3 is 0 Å². The lowest BCUT2D eigenvalue weighted by molar-refractivity contribution is 0.917. The summed E-state index contributed by atoms with van der Waals surface area (Å²) >= 11 is 18.3. The van der Waals surface area contributed by atoms with Gasteiger partial charge in [-0.15, -0.1) is 0 Å². The number of rotatable bonds is 3. The van der Waals surface area contributed by atoms with Crippen LogP contribution in [0.3, 0.4) is 0 Å². The smallest absolute Gasteiger partial charge is 0.0231 e. The van der Waals surface area contributed by atoms with Crippen LogP contribution in [0.25, 0.3) is 0 Å². The van der Waals surface area contributed by atoms with Crippen LogP contribution in [0.15, 0.2) is 54.3 Å². The summed E-state index contributed by atoms with van der Waals surface area (Å²) in [7, 11) is 0. The lowest BCUT2D eigenvalue weighted by atomic mass is 9.93. The van der Waals surface area contributed by atoms with Gasteiger partial charge in [-0.1, -0.05) is 91.8 Å². The average Bonchev–Trinajstić information content (AvgIpc) is 2.36. The molecule has 0 aliphatic heterocycles. The molecule has 0 fully saturated rings. The highest BCUT2D eigenvalue weighted by molar-refractivity contribution is 9.11. The Morgan fingerprint density at radius 2 is 1.00 bits per heavy atom. The molecule has 0 spiro atoms. The van der Waals surface area contributed by atoms with Crippen molar-refractivity contribution in [3.8, 4) is 0 Å². The van der Waals surface area contributed by atoms with Crippen LogP contribution in [0, 0.1) is 0 Å². The van der Waals surface area contributed by atoms with E-state index in [4.69, 9.17) is 0 Å². The minimum atomic E-state index is 0.245. The van der Waals surface area contributed by atoms with Crippen molar-refractivity contribution in [2.24, 2.45) is 0 Å². The molecule has 0 amide bonds. The van der Waals surface area contributed by atoms with Crippen molar-refractivity contribution in [3.05, 3.63) is 65.4 Å². The minimum absolute atomic E-state index is 0.245. The Bertz CT molecular complexity index is 502. The molecule has 0 bridgehead atoms. The van der Waals surface area contributed by atoms with Gasteiger partial charge in [0.2, 0.25) is 0 Å². The second kappa shape index (κ2) is 7.21. The fourth-order valence-corrected chi connectivity index (χ4v) is 5.74. The Morgan fingerprint density at radius 1 is 0.684 bits per heavy atom. The van der Waals surface area contributed by atoms with E-state index in [1.807, 2.05) is 12.1 Å². The summed E-state index contributed by atoms with van der Waals surface area (Å²) in [5.74, 6) is 0.245. The van der Waals surface area contributed by atoms with Crippen molar-refractivity contribution in [2.45, 2.75) is 5.92 Å². The topological polar surface area (TPSA) is 0 Å². The fraction of sp³-hybridized carbons (Fsp3) is 0.143.